The van der Waals surface area contributed by atoms with Gasteiger partial charge < -0.3 is 14.7 Å². The van der Waals surface area contributed by atoms with Crippen LogP contribution in [-0.2, 0) is 4.79 Å². The minimum atomic E-state index is -0.848. The Morgan fingerprint density at radius 1 is 1.53 bits per heavy atom. The predicted molar refractivity (Wildman–Crippen MR) is 67.1 cm³/mol. The van der Waals surface area contributed by atoms with Crippen molar-refractivity contribution >= 4 is 11.9 Å². The number of ether oxygens (including phenoxy) is 1. The largest absolute Gasteiger partial charge is 0.494 e. The minimum absolute atomic E-state index is 0.204. The van der Waals surface area contributed by atoms with E-state index < -0.39 is 11.9 Å². The van der Waals surface area contributed by atoms with Gasteiger partial charge in [0.2, 0.25) is 0 Å². The van der Waals surface area contributed by atoms with Crippen molar-refractivity contribution in [1.82, 2.24) is 9.88 Å². The molecule has 6 heteroatoms. The monoisotopic (exact) mass is 264 g/mol. The molecule has 0 aromatic carbocycles. The minimum Gasteiger partial charge on any atom is -0.494 e. The molecule has 0 unspecified atom stereocenters. The highest BCUT2D eigenvalue weighted by atomic mass is 16.5. The first-order chi connectivity index (χ1) is 9.13. The molecule has 0 aliphatic carbocycles. The van der Waals surface area contributed by atoms with Crippen LogP contribution in [0.3, 0.4) is 0 Å². The quantitative estimate of drug-likeness (QED) is 0.882. The van der Waals surface area contributed by atoms with Crippen LogP contribution in [0.4, 0.5) is 0 Å². The Labute approximate surface area is 111 Å². The van der Waals surface area contributed by atoms with Gasteiger partial charge in [0.1, 0.15) is 5.75 Å². The number of piperidine rings is 1. The number of amides is 1. The van der Waals surface area contributed by atoms with Crippen LogP contribution in [0.2, 0.25) is 0 Å². The van der Waals surface area contributed by atoms with Crippen molar-refractivity contribution in [2.45, 2.75) is 12.8 Å². The molecule has 0 radical (unpaired) electrons. The van der Waals surface area contributed by atoms with Crippen LogP contribution < -0.4 is 4.74 Å². The fraction of sp³-hybridized carbons (Fsp3) is 0.462. The van der Waals surface area contributed by atoms with Crippen molar-refractivity contribution in [2.75, 3.05) is 20.2 Å². The van der Waals surface area contributed by atoms with E-state index in [1.54, 1.807) is 11.0 Å². The van der Waals surface area contributed by atoms with E-state index in [-0.39, 0.29) is 12.5 Å². The summed E-state index contributed by atoms with van der Waals surface area (Å²) in [5.74, 6) is -1.13. The van der Waals surface area contributed by atoms with E-state index in [1.807, 2.05) is 0 Å². The molecule has 1 aliphatic rings. The molecule has 1 fully saturated rings. The van der Waals surface area contributed by atoms with Gasteiger partial charge in [0.05, 0.1) is 24.8 Å². The van der Waals surface area contributed by atoms with Gasteiger partial charge >= 0.3 is 5.97 Å². The first-order valence-electron chi connectivity index (χ1n) is 6.13. The lowest BCUT2D eigenvalue weighted by Gasteiger charge is -2.31. The number of hydrogen-bond acceptors (Lipinski definition) is 4. The van der Waals surface area contributed by atoms with Crippen molar-refractivity contribution in [3.05, 3.63) is 24.0 Å². The molecule has 1 amide bonds. The smallest absolute Gasteiger partial charge is 0.308 e. The molecule has 0 bridgehead atoms. The number of carbonyl (C=O) groups is 2. The number of carbonyl (C=O) groups excluding carboxylic acids is 1. The Bertz CT molecular complexity index is 489. The number of hydrogen-bond donors (Lipinski definition) is 1. The van der Waals surface area contributed by atoms with Crippen LogP contribution in [0, 0.1) is 5.92 Å². The van der Waals surface area contributed by atoms with Gasteiger partial charge in [-0.2, -0.15) is 0 Å². The highest BCUT2D eigenvalue weighted by molar-refractivity contribution is 5.97. The van der Waals surface area contributed by atoms with Crippen molar-refractivity contribution in [3.8, 4) is 5.75 Å². The van der Waals surface area contributed by atoms with Crippen LogP contribution >= 0.6 is 0 Å². The molecule has 1 aromatic rings. The summed E-state index contributed by atoms with van der Waals surface area (Å²) in [6.07, 6.45) is 4.32. The van der Waals surface area contributed by atoms with E-state index in [0.29, 0.717) is 30.7 Å². The van der Waals surface area contributed by atoms with E-state index >= 15 is 0 Å². The first-order valence-corrected chi connectivity index (χ1v) is 6.13. The predicted octanol–water partition coefficient (Wildman–Crippen LogP) is 1.03. The number of methoxy groups -OCH3 is 1. The Kier molecular flexibility index (Phi) is 3.99. The second-order valence-corrected chi connectivity index (χ2v) is 4.50. The number of nitrogens with zero attached hydrogens (tertiary/aromatic N) is 2. The lowest BCUT2D eigenvalue weighted by atomic mass is 9.97. The van der Waals surface area contributed by atoms with E-state index in [2.05, 4.69) is 4.98 Å². The third-order valence-electron chi connectivity index (χ3n) is 3.29. The van der Waals surface area contributed by atoms with Crippen LogP contribution in [0.5, 0.6) is 5.75 Å². The number of carboxylic acids is 1. The van der Waals surface area contributed by atoms with Crippen molar-refractivity contribution < 1.29 is 19.4 Å². The second kappa shape index (κ2) is 5.69. The van der Waals surface area contributed by atoms with Crippen LogP contribution in [0.25, 0.3) is 0 Å². The number of likely N-dealkylation sites (tertiary alicyclic amines) is 1. The van der Waals surface area contributed by atoms with Gasteiger partial charge in [0.15, 0.2) is 0 Å². The summed E-state index contributed by atoms with van der Waals surface area (Å²) in [6, 6.07) is 1.59. The van der Waals surface area contributed by atoms with Crippen LogP contribution in [-0.4, -0.2) is 47.1 Å². The first kappa shape index (κ1) is 13.3. The third-order valence-corrected chi connectivity index (χ3v) is 3.29. The van der Waals surface area contributed by atoms with Gasteiger partial charge in [0, 0.05) is 19.3 Å². The molecule has 1 N–H and O–H groups in total. The number of rotatable bonds is 3. The average Bonchev–Trinajstić information content (AvgIpc) is 2.46. The molecule has 6 nitrogen and oxygen atoms in total. The number of pyridine rings is 1. The molecule has 0 spiro atoms. The third kappa shape index (κ3) is 2.83. The topological polar surface area (TPSA) is 79.7 Å². The SMILES string of the molecule is COc1cnccc1C(=O)N1CCC[C@@H](C(=O)O)C1. The van der Waals surface area contributed by atoms with Gasteiger partial charge in [0.25, 0.3) is 5.91 Å². The summed E-state index contributed by atoms with van der Waals surface area (Å²) in [5.41, 5.74) is 0.420. The lowest BCUT2D eigenvalue weighted by molar-refractivity contribution is -0.143. The van der Waals surface area contributed by atoms with E-state index in [0.717, 1.165) is 0 Å². The van der Waals surface area contributed by atoms with Gasteiger partial charge in [-0.15, -0.1) is 0 Å². The molecule has 1 atom stereocenters. The molecule has 1 aromatic heterocycles. The zero-order valence-electron chi connectivity index (χ0n) is 10.7. The van der Waals surface area contributed by atoms with Gasteiger partial charge in [-0.1, -0.05) is 0 Å². The second-order valence-electron chi connectivity index (χ2n) is 4.50. The number of aliphatic carboxylic acids is 1. The Hall–Kier alpha value is -2.11. The average molecular weight is 264 g/mol. The summed E-state index contributed by atoms with van der Waals surface area (Å²) in [4.78, 5) is 28.8. The molecule has 2 rings (SSSR count). The van der Waals surface area contributed by atoms with E-state index in [1.165, 1.54) is 19.5 Å². The fourth-order valence-electron chi connectivity index (χ4n) is 2.25. The highest BCUT2D eigenvalue weighted by Crippen LogP contribution is 2.22. The maximum atomic E-state index is 12.4. The fourth-order valence-corrected chi connectivity index (χ4v) is 2.25. The normalized spacial score (nSPS) is 19.0. The van der Waals surface area contributed by atoms with Gasteiger partial charge in [-0.3, -0.25) is 14.6 Å². The molecule has 19 heavy (non-hydrogen) atoms. The molecule has 2 heterocycles. The van der Waals surface area contributed by atoms with Crippen molar-refractivity contribution in [2.24, 2.45) is 5.92 Å². The van der Waals surface area contributed by atoms with Crippen molar-refractivity contribution in [1.29, 1.82) is 0 Å². The number of carboxylic acid groups (broad SMARTS) is 1. The molecule has 1 aliphatic heterocycles. The van der Waals surface area contributed by atoms with E-state index in [9.17, 15) is 9.59 Å². The van der Waals surface area contributed by atoms with Crippen LogP contribution in [0.15, 0.2) is 18.5 Å². The Balaban J connectivity index is 2.17. The van der Waals surface area contributed by atoms with Crippen molar-refractivity contribution in [3.63, 3.8) is 0 Å². The summed E-state index contributed by atoms with van der Waals surface area (Å²) < 4.78 is 5.11. The number of aromatic nitrogens is 1. The molecule has 1 saturated heterocycles. The van der Waals surface area contributed by atoms with E-state index in [4.69, 9.17) is 9.84 Å². The highest BCUT2D eigenvalue weighted by Gasteiger charge is 2.29. The maximum Gasteiger partial charge on any atom is 0.308 e. The lowest BCUT2D eigenvalue weighted by Crippen LogP contribution is -2.42. The summed E-state index contributed by atoms with van der Waals surface area (Å²) >= 11 is 0. The molecule has 102 valence electrons. The Morgan fingerprint density at radius 2 is 2.32 bits per heavy atom. The van der Waals surface area contributed by atoms with Gasteiger partial charge in [-0.25, -0.2) is 0 Å². The summed E-state index contributed by atoms with van der Waals surface area (Å²) in [5, 5.41) is 9.04. The molecule has 0 saturated carbocycles. The maximum absolute atomic E-state index is 12.4. The van der Waals surface area contributed by atoms with Crippen LogP contribution in [0.1, 0.15) is 23.2 Å². The van der Waals surface area contributed by atoms with Gasteiger partial charge in [-0.05, 0) is 18.9 Å². The Morgan fingerprint density at radius 3 is 3.00 bits per heavy atom. The molecular formula is C13H16N2O4. The zero-order chi connectivity index (χ0) is 13.8. The summed E-state index contributed by atoms with van der Waals surface area (Å²) in [6.45, 7) is 0.827. The summed E-state index contributed by atoms with van der Waals surface area (Å²) in [7, 11) is 1.48. The zero-order valence-corrected chi connectivity index (χ0v) is 10.7. The standard InChI is InChI=1S/C13H16N2O4/c1-19-11-7-14-5-4-10(11)12(16)15-6-2-3-9(8-15)13(17)18/h4-5,7,9H,2-3,6,8H2,1H3,(H,17,18)/t9-/m1/s1. The molecular weight excluding hydrogens is 248 g/mol.